The predicted molar refractivity (Wildman–Crippen MR) is 137 cm³/mol. The number of benzene rings is 3. The molecule has 3 aromatic carbocycles. The van der Waals surface area contributed by atoms with E-state index in [1.54, 1.807) is 24.3 Å². The van der Waals surface area contributed by atoms with Gasteiger partial charge in [0.25, 0.3) is 5.91 Å². The Hall–Kier alpha value is -3.56. The summed E-state index contributed by atoms with van der Waals surface area (Å²) in [5, 5.41) is 5.71. The molecule has 0 aromatic heterocycles. The van der Waals surface area contributed by atoms with Crippen molar-refractivity contribution >= 4 is 44.8 Å². The molecule has 3 rings (SSSR count). The first-order valence-electron chi connectivity index (χ1n) is 10.7. The first-order valence-corrected chi connectivity index (χ1v) is 12.9. The Morgan fingerprint density at radius 3 is 2.31 bits per heavy atom. The lowest BCUT2D eigenvalue weighted by molar-refractivity contribution is -0.116. The fourth-order valence-electron chi connectivity index (χ4n) is 3.50. The van der Waals surface area contributed by atoms with Crippen LogP contribution >= 0.6 is 11.6 Å². The zero-order chi connectivity index (χ0) is 25.6. The molecular formula is C25H26ClN3O5S. The van der Waals surface area contributed by atoms with Crippen LogP contribution in [0, 0.1) is 0 Å². The number of nitrogens with one attached hydrogen (secondary N) is 2. The number of amides is 2. The third-order valence-corrected chi connectivity index (χ3v) is 6.74. The average molecular weight is 516 g/mol. The molecule has 0 heterocycles. The van der Waals surface area contributed by atoms with Crippen LogP contribution in [-0.4, -0.2) is 39.6 Å². The summed E-state index contributed by atoms with van der Waals surface area (Å²) in [7, 11) is -2.42. The second kappa shape index (κ2) is 11.2. The number of ether oxygens (including phenoxy) is 1. The highest BCUT2D eigenvalue weighted by Crippen LogP contribution is 2.31. The number of rotatable bonds is 9. The van der Waals surface area contributed by atoms with E-state index in [2.05, 4.69) is 10.6 Å². The Kier molecular flexibility index (Phi) is 8.37. The number of nitrogens with zero attached hydrogens (tertiary/aromatic N) is 1. The van der Waals surface area contributed by atoms with Gasteiger partial charge in [-0.3, -0.25) is 13.9 Å². The monoisotopic (exact) mass is 515 g/mol. The van der Waals surface area contributed by atoms with Crippen LogP contribution in [0.2, 0.25) is 5.02 Å². The molecule has 0 saturated carbocycles. The minimum atomic E-state index is -3.86. The van der Waals surface area contributed by atoms with Gasteiger partial charge in [-0.2, -0.15) is 0 Å². The Bertz CT molecular complexity index is 1320. The van der Waals surface area contributed by atoms with Crippen molar-refractivity contribution in [3.8, 4) is 5.75 Å². The lowest BCUT2D eigenvalue weighted by Crippen LogP contribution is -2.45. The molecule has 0 spiro atoms. The Balaban J connectivity index is 1.81. The quantitative estimate of drug-likeness (QED) is 0.447. The number of hydrogen-bond acceptors (Lipinski definition) is 5. The van der Waals surface area contributed by atoms with Crippen molar-refractivity contribution in [3.05, 3.63) is 88.9 Å². The van der Waals surface area contributed by atoms with Gasteiger partial charge < -0.3 is 15.4 Å². The molecule has 1 atom stereocenters. The molecule has 8 nitrogen and oxygen atoms in total. The fourth-order valence-corrected chi connectivity index (χ4v) is 4.92. The van der Waals surface area contributed by atoms with Gasteiger partial charge >= 0.3 is 0 Å². The number of carbonyl (C=O) groups excluding carboxylic acids is 2. The molecular weight excluding hydrogens is 490 g/mol. The van der Waals surface area contributed by atoms with Crippen LogP contribution < -0.4 is 19.7 Å². The van der Waals surface area contributed by atoms with E-state index in [-0.39, 0.29) is 27.9 Å². The van der Waals surface area contributed by atoms with Gasteiger partial charge in [0.1, 0.15) is 11.8 Å². The zero-order valence-electron chi connectivity index (χ0n) is 19.5. The van der Waals surface area contributed by atoms with Gasteiger partial charge in [0.15, 0.2) is 0 Å². The number of methoxy groups -OCH3 is 1. The molecule has 0 aliphatic heterocycles. The Morgan fingerprint density at radius 1 is 1.03 bits per heavy atom. The Labute approximate surface area is 209 Å². The average Bonchev–Trinajstić information content (AvgIpc) is 2.83. The summed E-state index contributed by atoms with van der Waals surface area (Å²) in [4.78, 5) is 25.9. The summed E-state index contributed by atoms with van der Waals surface area (Å²) in [6.45, 7) is 1.77. The largest absolute Gasteiger partial charge is 0.495 e. The van der Waals surface area contributed by atoms with Crippen molar-refractivity contribution in [2.24, 2.45) is 0 Å². The van der Waals surface area contributed by atoms with Crippen molar-refractivity contribution in [2.75, 3.05) is 23.0 Å². The molecule has 0 unspecified atom stereocenters. The van der Waals surface area contributed by atoms with Crippen molar-refractivity contribution in [3.63, 3.8) is 0 Å². The first kappa shape index (κ1) is 26.1. The zero-order valence-corrected chi connectivity index (χ0v) is 21.1. The van der Waals surface area contributed by atoms with E-state index < -0.39 is 22.0 Å². The second-order valence-electron chi connectivity index (χ2n) is 7.76. The van der Waals surface area contributed by atoms with E-state index in [0.717, 1.165) is 16.1 Å². The van der Waals surface area contributed by atoms with Gasteiger partial charge in [-0.05, 0) is 42.8 Å². The lowest BCUT2D eigenvalue weighted by Gasteiger charge is -2.28. The number of carbonyl (C=O) groups is 2. The van der Waals surface area contributed by atoms with Gasteiger partial charge in [0.2, 0.25) is 15.9 Å². The van der Waals surface area contributed by atoms with Crippen LogP contribution in [0.5, 0.6) is 5.75 Å². The molecule has 35 heavy (non-hydrogen) atoms. The third-order valence-electron chi connectivity index (χ3n) is 5.20. The van der Waals surface area contributed by atoms with E-state index in [0.29, 0.717) is 12.3 Å². The normalized spacial score (nSPS) is 11.9. The number of para-hydroxylation sites is 1. The highest BCUT2D eigenvalue weighted by Gasteiger charge is 2.30. The standard InChI is InChI=1S/C25H26ClN3O5S/c1-17(29(35(3,32)33)19-13-14-23(34-2)21(26)15-19)24(30)28-22-12-8-7-11-20(22)25(31)27-16-18-9-5-4-6-10-18/h4-15,17H,16H2,1-3H3,(H,27,31)(H,28,30)/t17-/m0/s1. The molecule has 0 radical (unpaired) electrons. The lowest BCUT2D eigenvalue weighted by atomic mass is 10.1. The highest BCUT2D eigenvalue weighted by molar-refractivity contribution is 7.92. The van der Waals surface area contributed by atoms with Crippen molar-refractivity contribution in [1.82, 2.24) is 5.32 Å². The summed E-state index contributed by atoms with van der Waals surface area (Å²) >= 11 is 6.18. The van der Waals surface area contributed by atoms with Gasteiger partial charge in [0, 0.05) is 6.54 Å². The van der Waals surface area contributed by atoms with E-state index in [4.69, 9.17) is 16.3 Å². The molecule has 2 N–H and O–H groups in total. The van der Waals surface area contributed by atoms with E-state index in [1.165, 1.54) is 32.2 Å². The maximum absolute atomic E-state index is 13.1. The Morgan fingerprint density at radius 2 is 1.69 bits per heavy atom. The second-order valence-corrected chi connectivity index (χ2v) is 10.0. The fraction of sp³-hybridized carbons (Fsp3) is 0.200. The minimum absolute atomic E-state index is 0.201. The van der Waals surface area contributed by atoms with Crippen LogP contribution in [0.15, 0.2) is 72.8 Å². The number of anilines is 2. The van der Waals surface area contributed by atoms with Crippen LogP contribution in [0.1, 0.15) is 22.8 Å². The van der Waals surface area contributed by atoms with Crippen LogP contribution in [0.25, 0.3) is 0 Å². The molecule has 0 aliphatic carbocycles. The summed E-state index contributed by atoms with van der Waals surface area (Å²) in [6.07, 6.45) is 1.000. The van der Waals surface area contributed by atoms with Crippen LogP contribution in [0.4, 0.5) is 11.4 Å². The first-order chi connectivity index (χ1) is 16.6. The van der Waals surface area contributed by atoms with Gasteiger partial charge in [-0.15, -0.1) is 0 Å². The smallest absolute Gasteiger partial charge is 0.253 e. The minimum Gasteiger partial charge on any atom is -0.495 e. The van der Waals surface area contributed by atoms with E-state index in [1.807, 2.05) is 30.3 Å². The molecule has 3 aromatic rings. The van der Waals surface area contributed by atoms with Gasteiger partial charge in [0.05, 0.1) is 35.3 Å². The molecule has 2 amide bonds. The number of hydrogen-bond donors (Lipinski definition) is 2. The summed E-state index contributed by atoms with van der Waals surface area (Å²) in [5.41, 5.74) is 1.64. The summed E-state index contributed by atoms with van der Waals surface area (Å²) in [5.74, 6) is -0.624. The van der Waals surface area contributed by atoms with Gasteiger partial charge in [-0.25, -0.2) is 8.42 Å². The molecule has 10 heteroatoms. The van der Waals surface area contributed by atoms with E-state index in [9.17, 15) is 18.0 Å². The molecule has 0 bridgehead atoms. The maximum atomic E-state index is 13.1. The van der Waals surface area contributed by atoms with Gasteiger partial charge in [-0.1, -0.05) is 54.1 Å². The number of halogens is 1. The SMILES string of the molecule is COc1ccc(N([C@@H](C)C(=O)Nc2ccccc2C(=O)NCc2ccccc2)S(C)(=O)=O)cc1Cl. The van der Waals surface area contributed by atoms with Crippen molar-refractivity contribution in [2.45, 2.75) is 19.5 Å². The molecule has 0 saturated heterocycles. The van der Waals surface area contributed by atoms with Crippen molar-refractivity contribution in [1.29, 1.82) is 0 Å². The topological polar surface area (TPSA) is 105 Å². The molecule has 0 aliphatic rings. The molecule has 0 fully saturated rings. The predicted octanol–water partition coefficient (Wildman–Crippen LogP) is 4.07. The third kappa shape index (κ3) is 6.52. The number of sulfonamides is 1. The maximum Gasteiger partial charge on any atom is 0.253 e. The van der Waals surface area contributed by atoms with Crippen LogP contribution in [0.3, 0.4) is 0 Å². The highest BCUT2D eigenvalue weighted by atomic mass is 35.5. The summed E-state index contributed by atoms with van der Waals surface area (Å²) < 4.78 is 31.3. The van der Waals surface area contributed by atoms with Crippen LogP contribution in [-0.2, 0) is 21.4 Å². The van der Waals surface area contributed by atoms with E-state index >= 15 is 0 Å². The molecule has 184 valence electrons. The summed E-state index contributed by atoms with van der Waals surface area (Å²) in [6, 6.07) is 19.2. The van der Waals surface area contributed by atoms with Crippen molar-refractivity contribution < 1.29 is 22.7 Å².